The number of pyridine rings is 1. The van der Waals surface area contributed by atoms with E-state index in [0.717, 1.165) is 25.7 Å². The lowest BCUT2D eigenvalue weighted by atomic mass is 10.2. The summed E-state index contributed by atoms with van der Waals surface area (Å²) in [7, 11) is 1.63. The summed E-state index contributed by atoms with van der Waals surface area (Å²) in [6.45, 7) is 1.73. The minimum Gasteiger partial charge on any atom is -0.477 e. The number of nitrogens with zero attached hydrogens (tertiary/aromatic N) is 4. The molecule has 3 heterocycles. The molecule has 1 aliphatic rings. The molecular weight excluding hydrogens is 365 g/mol. The average Bonchev–Trinajstić information content (AvgIpc) is 3.27. The van der Waals surface area contributed by atoms with Gasteiger partial charge in [0.25, 0.3) is 5.56 Å². The molecule has 0 spiro atoms. The Hall–Kier alpha value is -3.23. The van der Waals surface area contributed by atoms with Crippen molar-refractivity contribution in [2.45, 2.75) is 38.6 Å². The van der Waals surface area contributed by atoms with E-state index in [4.69, 9.17) is 0 Å². The summed E-state index contributed by atoms with van der Waals surface area (Å²) in [6.07, 6.45) is 5.22. The Bertz CT molecular complexity index is 1140. The summed E-state index contributed by atoms with van der Waals surface area (Å²) in [5.41, 5.74) is 0.882. The van der Waals surface area contributed by atoms with Gasteiger partial charge in [-0.3, -0.25) is 9.36 Å². The van der Waals surface area contributed by atoms with E-state index < -0.39 is 17.3 Å². The molecule has 0 unspecified atom stereocenters. The van der Waals surface area contributed by atoms with E-state index >= 15 is 0 Å². The van der Waals surface area contributed by atoms with Crippen molar-refractivity contribution >= 4 is 28.6 Å². The summed E-state index contributed by atoms with van der Waals surface area (Å²) in [5, 5.41) is 12.7. The van der Waals surface area contributed by atoms with Crippen LogP contribution in [-0.4, -0.2) is 30.2 Å². The SMILES string of the molecule is Cc1nc(Nc2cc(C(=O)O)n(C)c2)nc2c1cc(F)c(=O)n2C1CCCC1. The molecule has 28 heavy (non-hydrogen) atoms. The molecule has 1 aliphatic carbocycles. The van der Waals surface area contributed by atoms with Crippen molar-refractivity contribution in [3.63, 3.8) is 0 Å². The molecule has 0 saturated heterocycles. The normalized spacial score (nSPS) is 14.7. The van der Waals surface area contributed by atoms with Gasteiger partial charge < -0.3 is 15.0 Å². The number of carbonyl (C=O) groups is 1. The first-order valence-electron chi connectivity index (χ1n) is 9.11. The molecule has 3 aromatic rings. The van der Waals surface area contributed by atoms with E-state index in [-0.39, 0.29) is 17.7 Å². The summed E-state index contributed by atoms with van der Waals surface area (Å²) >= 11 is 0. The number of aromatic nitrogens is 4. The maximum absolute atomic E-state index is 14.2. The fourth-order valence-electron chi connectivity index (χ4n) is 3.85. The van der Waals surface area contributed by atoms with Crippen LogP contribution in [0.25, 0.3) is 11.0 Å². The first-order chi connectivity index (χ1) is 13.3. The Morgan fingerprint density at radius 1 is 1.29 bits per heavy atom. The number of nitrogens with one attached hydrogen (secondary N) is 1. The minimum atomic E-state index is -1.04. The molecule has 1 fully saturated rings. The fraction of sp³-hybridized carbons (Fsp3) is 0.368. The van der Waals surface area contributed by atoms with Gasteiger partial charge in [-0.25, -0.2) is 14.2 Å². The zero-order valence-corrected chi connectivity index (χ0v) is 15.6. The van der Waals surface area contributed by atoms with Gasteiger partial charge in [0.1, 0.15) is 11.3 Å². The van der Waals surface area contributed by atoms with E-state index in [1.54, 1.807) is 20.2 Å². The summed E-state index contributed by atoms with van der Waals surface area (Å²) in [4.78, 5) is 32.6. The van der Waals surface area contributed by atoms with Crippen molar-refractivity contribution in [1.82, 2.24) is 19.1 Å². The van der Waals surface area contributed by atoms with Gasteiger partial charge in [-0.05, 0) is 31.9 Å². The van der Waals surface area contributed by atoms with E-state index in [1.165, 1.54) is 21.3 Å². The van der Waals surface area contributed by atoms with E-state index in [0.29, 0.717) is 22.4 Å². The van der Waals surface area contributed by atoms with Crippen molar-refractivity contribution in [2.24, 2.45) is 7.05 Å². The topological polar surface area (TPSA) is 102 Å². The zero-order chi connectivity index (χ0) is 20.0. The second-order valence-electron chi connectivity index (χ2n) is 7.13. The molecule has 146 valence electrons. The number of anilines is 2. The van der Waals surface area contributed by atoms with Gasteiger partial charge in [0.05, 0.1) is 11.4 Å². The monoisotopic (exact) mass is 385 g/mol. The number of carboxylic acids is 1. The number of hydrogen-bond acceptors (Lipinski definition) is 5. The lowest BCUT2D eigenvalue weighted by Crippen LogP contribution is -2.27. The van der Waals surface area contributed by atoms with Gasteiger partial charge in [0, 0.05) is 24.7 Å². The van der Waals surface area contributed by atoms with E-state index in [2.05, 4.69) is 15.3 Å². The van der Waals surface area contributed by atoms with Crippen LogP contribution < -0.4 is 10.9 Å². The largest absolute Gasteiger partial charge is 0.477 e. The predicted molar refractivity (Wildman–Crippen MR) is 102 cm³/mol. The van der Waals surface area contributed by atoms with Crippen molar-refractivity contribution in [1.29, 1.82) is 0 Å². The van der Waals surface area contributed by atoms with Crippen LogP contribution in [0.4, 0.5) is 16.0 Å². The van der Waals surface area contributed by atoms with E-state index in [9.17, 15) is 19.1 Å². The van der Waals surface area contributed by atoms with E-state index in [1.807, 2.05) is 0 Å². The number of hydrogen-bond donors (Lipinski definition) is 2. The third-order valence-corrected chi connectivity index (χ3v) is 5.21. The maximum Gasteiger partial charge on any atom is 0.352 e. The van der Waals surface area contributed by atoms with Crippen LogP contribution >= 0.6 is 0 Å². The molecule has 0 bridgehead atoms. The van der Waals surface area contributed by atoms with Crippen LogP contribution in [0.15, 0.2) is 23.1 Å². The fourth-order valence-corrected chi connectivity index (χ4v) is 3.85. The van der Waals surface area contributed by atoms with Crippen LogP contribution in [0.1, 0.15) is 47.9 Å². The second kappa shape index (κ2) is 6.74. The summed E-state index contributed by atoms with van der Waals surface area (Å²) < 4.78 is 17.2. The Kier molecular flexibility index (Phi) is 4.37. The van der Waals surface area contributed by atoms with Crippen molar-refractivity contribution in [3.8, 4) is 0 Å². The van der Waals surface area contributed by atoms with Crippen LogP contribution in [0.5, 0.6) is 0 Å². The van der Waals surface area contributed by atoms with Gasteiger partial charge in [0.2, 0.25) is 5.95 Å². The first-order valence-corrected chi connectivity index (χ1v) is 9.11. The van der Waals surface area contributed by atoms with Gasteiger partial charge in [-0.2, -0.15) is 4.98 Å². The van der Waals surface area contributed by atoms with Crippen molar-refractivity contribution < 1.29 is 14.3 Å². The first kappa shape index (κ1) is 18.1. The predicted octanol–water partition coefficient (Wildman–Crippen LogP) is 3.13. The molecule has 4 rings (SSSR count). The van der Waals surface area contributed by atoms with Gasteiger partial charge >= 0.3 is 5.97 Å². The standard InChI is InChI=1S/C19H20FN5O3/c1-10-13-8-14(20)17(26)25(12-5-3-4-6-12)16(13)23-19(21-10)22-11-7-15(18(27)28)24(2)9-11/h7-9,12H,3-6H2,1-2H3,(H,27,28)(H,21,22,23). The Morgan fingerprint density at radius 3 is 2.64 bits per heavy atom. The Labute approximate surface area is 159 Å². The molecule has 0 radical (unpaired) electrons. The minimum absolute atomic E-state index is 0.0804. The highest BCUT2D eigenvalue weighted by Crippen LogP contribution is 2.31. The maximum atomic E-state index is 14.2. The van der Waals surface area contributed by atoms with Gasteiger partial charge in [-0.15, -0.1) is 0 Å². The molecule has 3 aromatic heterocycles. The molecule has 9 heteroatoms. The molecule has 0 aliphatic heterocycles. The van der Waals surface area contributed by atoms with Gasteiger partial charge in [0.15, 0.2) is 5.82 Å². The summed E-state index contributed by atoms with van der Waals surface area (Å²) in [5.74, 6) is -1.62. The van der Waals surface area contributed by atoms with Crippen LogP contribution in [0, 0.1) is 12.7 Å². The van der Waals surface area contributed by atoms with Crippen LogP contribution in [-0.2, 0) is 7.05 Å². The number of aryl methyl sites for hydroxylation is 2. The number of fused-ring (bicyclic) bond motifs is 1. The molecule has 1 saturated carbocycles. The number of carboxylic acid groups (broad SMARTS) is 1. The van der Waals surface area contributed by atoms with Gasteiger partial charge in [-0.1, -0.05) is 12.8 Å². The highest BCUT2D eigenvalue weighted by Gasteiger charge is 2.23. The zero-order valence-electron chi connectivity index (χ0n) is 15.6. The molecular formula is C19H20FN5O3. The Morgan fingerprint density at radius 2 is 2.00 bits per heavy atom. The smallest absolute Gasteiger partial charge is 0.352 e. The third kappa shape index (κ3) is 3.02. The van der Waals surface area contributed by atoms with Crippen LogP contribution in [0.2, 0.25) is 0 Å². The number of aromatic carboxylic acids is 1. The lowest BCUT2D eigenvalue weighted by Gasteiger charge is -2.17. The number of rotatable bonds is 4. The third-order valence-electron chi connectivity index (χ3n) is 5.21. The molecule has 2 N–H and O–H groups in total. The summed E-state index contributed by atoms with van der Waals surface area (Å²) in [6, 6.07) is 2.58. The van der Waals surface area contributed by atoms with Crippen LogP contribution in [0.3, 0.4) is 0 Å². The highest BCUT2D eigenvalue weighted by molar-refractivity contribution is 5.87. The highest BCUT2D eigenvalue weighted by atomic mass is 19.1. The number of halogens is 1. The molecule has 0 aromatic carbocycles. The molecule has 0 atom stereocenters. The van der Waals surface area contributed by atoms with Crippen molar-refractivity contribution in [2.75, 3.05) is 5.32 Å². The lowest BCUT2D eigenvalue weighted by molar-refractivity contribution is 0.0686. The molecule has 0 amide bonds. The molecule has 8 nitrogen and oxygen atoms in total. The quantitative estimate of drug-likeness (QED) is 0.715. The Balaban J connectivity index is 1.84. The average molecular weight is 385 g/mol. The van der Waals surface area contributed by atoms with Crippen molar-refractivity contribution in [3.05, 3.63) is 45.9 Å². The second-order valence-corrected chi connectivity index (χ2v) is 7.13.